The number of rotatable bonds is 5. The molecular formula is C14H16N4O2S. The molecule has 21 heavy (non-hydrogen) atoms. The lowest BCUT2D eigenvalue weighted by molar-refractivity contribution is 0.0958. The molecule has 0 saturated carbocycles. The second-order valence-electron chi connectivity index (χ2n) is 4.12. The van der Waals surface area contributed by atoms with Crippen molar-refractivity contribution in [3.05, 3.63) is 40.4 Å². The normalized spacial score (nSPS) is 10.8. The molecule has 0 unspecified atom stereocenters. The van der Waals surface area contributed by atoms with E-state index in [4.69, 9.17) is 10.5 Å². The lowest BCUT2D eigenvalue weighted by atomic mass is 10.2. The number of hydrogen-bond donors (Lipinski definition) is 2. The molecule has 0 aliphatic heterocycles. The Morgan fingerprint density at radius 1 is 1.52 bits per heavy atom. The van der Waals surface area contributed by atoms with Crippen molar-refractivity contribution in [1.82, 2.24) is 10.4 Å². The fourth-order valence-electron chi connectivity index (χ4n) is 1.77. The number of hydrogen-bond acceptors (Lipinski definition) is 6. The van der Waals surface area contributed by atoms with Crippen molar-refractivity contribution >= 4 is 28.6 Å². The molecule has 0 spiro atoms. The summed E-state index contributed by atoms with van der Waals surface area (Å²) in [7, 11) is 1.58. The number of nitrogen functional groups attached to an aromatic ring is 1. The van der Waals surface area contributed by atoms with Gasteiger partial charge in [0.2, 0.25) is 0 Å². The standard InChI is InChI=1S/C14H16N4O2S/c1-3-10-12(21-14(15)17-10)13(19)18-16-8-9-6-4-5-7-11(9)20-2/h4-8H,3H2,1-2H3,(H2,15,17)(H,18,19)/b16-8-. The Kier molecular flexibility index (Phi) is 4.89. The molecule has 1 aromatic carbocycles. The molecule has 1 aromatic heterocycles. The van der Waals surface area contributed by atoms with Crippen molar-refractivity contribution < 1.29 is 9.53 Å². The first-order valence-electron chi connectivity index (χ1n) is 6.37. The van der Waals surface area contributed by atoms with Crippen LogP contribution in [0.5, 0.6) is 5.75 Å². The molecule has 1 amide bonds. The van der Waals surface area contributed by atoms with E-state index in [1.54, 1.807) is 7.11 Å². The first kappa shape index (κ1) is 15.0. The summed E-state index contributed by atoms with van der Waals surface area (Å²) in [5, 5.41) is 4.33. The quantitative estimate of drug-likeness (QED) is 0.653. The number of anilines is 1. The van der Waals surface area contributed by atoms with Crippen molar-refractivity contribution in [2.24, 2.45) is 5.10 Å². The zero-order chi connectivity index (χ0) is 15.2. The van der Waals surface area contributed by atoms with Gasteiger partial charge < -0.3 is 10.5 Å². The monoisotopic (exact) mass is 304 g/mol. The van der Waals surface area contributed by atoms with E-state index in [9.17, 15) is 4.79 Å². The minimum Gasteiger partial charge on any atom is -0.496 e. The van der Waals surface area contributed by atoms with Gasteiger partial charge >= 0.3 is 0 Å². The molecule has 1 heterocycles. The van der Waals surface area contributed by atoms with Gasteiger partial charge in [-0.25, -0.2) is 10.4 Å². The maximum Gasteiger partial charge on any atom is 0.283 e. The van der Waals surface area contributed by atoms with Gasteiger partial charge in [-0.3, -0.25) is 4.79 Å². The van der Waals surface area contributed by atoms with E-state index >= 15 is 0 Å². The third kappa shape index (κ3) is 3.57. The van der Waals surface area contributed by atoms with Gasteiger partial charge in [0.15, 0.2) is 5.13 Å². The van der Waals surface area contributed by atoms with Gasteiger partial charge in [0.25, 0.3) is 5.91 Å². The zero-order valence-electron chi connectivity index (χ0n) is 11.8. The fraction of sp³-hybridized carbons (Fsp3) is 0.214. The fourth-order valence-corrected chi connectivity index (χ4v) is 2.58. The first-order chi connectivity index (χ1) is 10.2. The molecule has 0 fully saturated rings. The van der Waals surface area contributed by atoms with Crippen molar-refractivity contribution in [2.75, 3.05) is 12.8 Å². The van der Waals surface area contributed by atoms with Crippen molar-refractivity contribution in [3.8, 4) is 5.75 Å². The molecule has 3 N–H and O–H groups in total. The SMILES string of the molecule is CCc1nc(N)sc1C(=O)N/N=C\c1ccccc1OC. The largest absolute Gasteiger partial charge is 0.496 e. The minimum absolute atomic E-state index is 0.313. The van der Waals surface area contributed by atoms with E-state index in [1.807, 2.05) is 31.2 Å². The van der Waals surface area contributed by atoms with Crippen LogP contribution >= 0.6 is 11.3 Å². The number of benzene rings is 1. The third-order valence-electron chi connectivity index (χ3n) is 2.76. The van der Waals surface area contributed by atoms with E-state index in [-0.39, 0.29) is 5.91 Å². The van der Waals surface area contributed by atoms with Crippen LogP contribution in [0, 0.1) is 0 Å². The molecule has 0 aliphatic rings. The van der Waals surface area contributed by atoms with Crippen LogP contribution in [0.2, 0.25) is 0 Å². The highest BCUT2D eigenvalue weighted by atomic mass is 32.1. The molecule has 0 atom stereocenters. The molecule has 0 bridgehead atoms. The smallest absolute Gasteiger partial charge is 0.283 e. The van der Waals surface area contributed by atoms with Crippen LogP contribution < -0.4 is 15.9 Å². The Morgan fingerprint density at radius 2 is 2.29 bits per heavy atom. The van der Waals surface area contributed by atoms with Crippen molar-refractivity contribution in [3.63, 3.8) is 0 Å². The number of methoxy groups -OCH3 is 1. The van der Waals surface area contributed by atoms with Gasteiger partial charge in [-0.2, -0.15) is 5.10 Å². The molecule has 2 rings (SSSR count). The lowest BCUT2D eigenvalue weighted by Crippen LogP contribution is -2.17. The third-order valence-corrected chi connectivity index (χ3v) is 3.69. The van der Waals surface area contributed by atoms with Gasteiger partial charge in [-0.05, 0) is 18.6 Å². The number of ether oxygens (including phenoxy) is 1. The Hall–Kier alpha value is -2.41. The van der Waals surface area contributed by atoms with Crippen molar-refractivity contribution in [1.29, 1.82) is 0 Å². The van der Waals surface area contributed by atoms with Gasteiger partial charge in [-0.15, -0.1) is 0 Å². The number of aryl methyl sites for hydroxylation is 1. The van der Waals surface area contributed by atoms with Crippen LogP contribution in [0.4, 0.5) is 5.13 Å². The number of thiazole rings is 1. The molecule has 0 saturated heterocycles. The number of nitrogens with zero attached hydrogens (tertiary/aromatic N) is 2. The van der Waals surface area contributed by atoms with Crippen LogP contribution in [-0.4, -0.2) is 24.2 Å². The van der Waals surface area contributed by atoms with Gasteiger partial charge in [0, 0.05) is 5.56 Å². The summed E-state index contributed by atoms with van der Waals surface area (Å²) in [6.45, 7) is 1.92. The van der Waals surface area contributed by atoms with E-state index in [0.717, 1.165) is 16.9 Å². The summed E-state index contributed by atoms with van der Waals surface area (Å²) in [5.41, 5.74) is 9.56. The summed E-state index contributed by atoms with van der Waals surface area (Å²) in [4.78, 5) is 16.6. The lowest BCUT2D eigenvalue weighted by Gasteiger charge is -2.03. The Bertz CT molecular complexity index is 667. The second-order valence-corrected chi connectivity index (χ2v) is 5.15. The highest BCUT2D eigenvalue weighted by Crippen LogP contribution is 2.20. The molecule has 2 aromatic rings. The highest BCUT2D eigenvalue weighted by molar-refractivity contribution is 7.17. The number of amides is 1. The van der Waals surface area contributed by atoms with E-state index in [0.29, 0.717) is 27.9 Å². The van der Waals surface area contributed by atoms with Gasteiger partial charge in [0.05, 0.1) is 19.0 Å². The number of hydrazone groups is 1. The Morgan fingerprint density at radius 3 is 3.00 bits per heavy atom. The summed E-state index contributed by atoms with van der Waals surface area (Å²) < 4.78 is 5.20. The van der Waals surface area contributed by atoms with Crippen LogP contribution in [-0.2, 0) is 6.42 Å². The molecule has 110 valence electrons. The van der Waals surface area contributed by atoms with Crippen LogP contribution in [0.15, 0.2) is 29.4 Å². The molecule has 0 radical (unpaired) electrons. The van der Waals surface area contributed by atoms with E-state index in [1.165, 1.54) is 6.21 Å². The molecule has 0 aliphatic carbocycles. The highest BCUT2D eigenvalue weighted by Gasteiger charge is 2.15. The summed E-state index contributed by atoms with van der Waals surface area (Å²) >= 11 is 1.16. The second kappa shape index (κ2) is 6.85. The molecule has 7 heteroatoms. The van der Waals surface area contributed by atoms with Gasteiger partial charge in [-0.1, -0.05) is 30.4 Å². The number of aromatic nitrogens is 1. The Labute approximate surface area is 126 Å². The number of nitrogens with two attached hydrogens (primary N) is 1. The van der Waals surface area contributed by atoms with Crippen molar-refractivity contribution in [2.45, 2.75) is 13.3 Å². The average Bonchev–Trinajstić information content (AvgIpc) is 2.89. The minimum atomic E-state index is -0.313. The van der Waals surface area contributed by atoms with Crippen LogP contribution in [0.3, 0.4) is 0 Å². The van der Waals surface area contributed by atoms with E-state index in [2.05, 4.69) is 15.5 Å². The number of carbonyl (C=O) groups is 1. The summed E-state index contributed by atoms with van der Waals surface area (Å²) in [6, 6.07) is 7.39. The van der Waals surface area contributed by atoms with Crippen LogP contribution in [0.1, 0.15) is 27.9 Å². The maximum atomic E-state index is 12.0. The predicted octanol–water partition coefficient (Wildman–Crippen LogP) is 2.06. The number of para-hydroxylation sites is 1. The average molecular weight is 304 g/mol. The van der Waals surface area contributed by atoms with E-state index < -0.39 is 0 Å². The first-order valence-corrected chi connectivity index (χ1v) is 7.19. The summed E-state index contributed by atoms with van der Waals surface area (Å²) in [5.74, 6) is 0.374. The molecular weight excluding hydrogens is 288 g/mol. The number of carbonyl (C=O) groups excluding carboxylic acids is 1. The zero-order valence-corrected chi connectivity index (χ0v) is 12.6. The number of nitrogens with one attached hydrogen (secondary N) is 1. The maximum absolute atomic E-state index is 12.0. The molecule has 6 nitrogen and oxygen atoms in total. The van der Waals surface area contributed by atoms with Gasteiger partial charge in [0.1, 0.15) is 10.6 Å². The topological polar surface area (TPSA) is 89.6 Å². The van der Waals surface area contributed by atoms with Crippen LogP contribution in [0.25, 0.3) is 0 Å². The summed E-state index contributed by atoms with van der Waals surface area (Å²) in [6.07, 6.45) is 2.18. The predicted molar refractivity (Wildman–Crippen MR) is 84.0 cm³/mol. The Balaban J connectivity index is 2.08.